The van der Waals surface area contributed by atoms with Gasteiger partial charge in [-0.05, 0) is 24.3 Å². The number of nitrogen functional groups attached to an aromatic ring is 1. The number of rotatable bonds is 1. The molecule has 2 aromatic rings. The normalized spacial score (nSPS) is 10.2. The Labute approximate surface area is 76.6 Å². The largest absolute Gasteiger partial charge is 0.399 e. The van der Waals surface area contributed by atoms with Crippen molar-refractivity contribution in [2.75, 3.05) is 18.1 Å². The second-order valence-electron chi connectivity index (χ2n) is 2.89. The van der Waals surface area contributed by atoms with Crippen LogP contribution in [0.1, 0.15) is 0 Å². The number of nitrogens with zero attached hydrogens (tertiary/aromatic N) is 1. The molecule has 1 heterocycles. The molecule has 0 amide bonds. The summed E-state index contributed by atoms with van der Waals surface area (Å²) in [5.74, 6) is 0. The predicted molar refractivity (Wildman–Crippen MR) is 55.7 cm³/mol. The highest BCUT2D eigenvalue weighted by Gasteiger charge is 1.99. The van der Waals surface area contributed by atoms with Gasteiger partial charge in [-0.3, -0.25) is 4.98 Å². The molecule has 0 fully saturated rings. The molecule has 1 aromatic carbocycles. The van der Waals surface area contributed by atoms with Crippen molar-refractivity contribution < 1.29 is 0 Å². The van der Waals surface area contributed by atoms with Crippen LogP contribution >= 0.6 is 0 Å². The molecular formula is C10H11N3. The lowest BCUT2D eigenvalue weighted by Crippen LogP contribution is -1.92. The van der Waals surface area contributed by atoms with Crippen molar-refractivity contribution in [3.05, 3.63) is 30.5 Å². The van der Waals surface area contributed by atoms with E-state index in [1.807, 2.05) is 31.3 Å². The van der Waals surface area contributed by atoms with E-state index in [1.54, 1.807) is 6.20 Å². The van der Waals surface area contributed by atoms with Gasteiger partial charge in [0.25, 0.3) is 0 Å². The Morgan fingerprint density at radius 3 is 2.92 bits per heavy atom. The van der Waals surface area contributed by atoms with Gasteiger partial charge < -0.3 is 11.1 Å². The second-order valence-corrected chi connectivity index (χ2v) is 2.89. The number of pyridine rings is 1. The molecule has 0 atom stereocenters. The Bertz CT molecular complexity index is 437. The lowest BCUT2D eigenvalue weighted by molar-refractivity contribution is 1.40. The monoisotopic (exact) mass is 173 g/mol. The summed E-state index contributed by atoms with van der Waals surface area (Å²) in [5, 5.41) is 4.16. The maximum atomic E-state index is 5.69. The first-order valence-corrected chi connectivity index (χ1v) is 4.13. The van der Waals surface area contributed by atoms with Crippen LogP contribution in [0.15, 0.2) is 30.5 Å². The average Bonchev–Trinajstić information content (AvgIpc) is 2.17. The number of fused-ring (bicyclic) bond motifs is 1. The van der Waals surface area contributed by atoms with E-state index in [0.29, 0.717) is 0 Å². The highest BCUT2D eigenvalue weighted by molar-refractivity contribution is 5.92. The molecule has 13 heavy (non-hydrogen) atoms. The molecule has 0 radical (unpaired) electrons. The summed E-state index contributed by atoms with van der Waals surface area (Å²) in [6.07, 6.45) is 1.78. The third-order valence-corrected chi connectivity index (χ3v) is 2.03. The molecule has 3 nitrogen and oxygen atoms in total. The van der Waals surface area contributed by atoms with E-state index in [1.165, 1.54) is 0 Å². The zero-order chi connectivity index (χ0) is 9.26. The van der Waals surface area contributed by atoms with Crippen LogP contribution in [0.2, 0.25) is 0 Å². The van der Waals surface area contributed by atoms with E-state index in [4.69, 9.17) is 5.73 Å². The van der Waals surface area contributed by atoms with Crippen LogP contribution < -0.4 is 11.1 Å². The molecular weight excluding hydrogens is 162 g/mol. The highest BCUT2D eigenvalue weighted by Crippen LogP contribution is 2.22. The molecule has 2 rings (SSSR count). The fourth-order valence-corrected chi connectivity index (χ4v) is 1.38. The number of benzene rings is 1. The first kappa shape index (κ1) is 7.86. The maximum absolute atomic E-state index is 5.69. The summed E-state index contributed by atoms with van der Waals surface area (Å²) < 4.78 is 0. The predicted octanol–water partition coefficient (Wildman–Crippen LogP) is 1.86. The van der Waals surface area contributed by atoms with Crippen LogP contribution in [0.4, 0.5) is 11.4 Å². The van der Waals surface area contributed by atoms with Crippen molar-refractivity contribution in [3.63, 3.8) is 0 Å². The first-order valence-electron chi connectivity index (χ1n) is 4.13. The van der Waals surface area contributed by atoms with Crippen LogP contribution in [0.5, 0.6) is 0 Å². The smallest absolute Gasteiger partial charge is 0.0724 e. The minimum Gasteiger partial charge on any atom is -0.399 e. The molecule has 0 bridgehead atoms. The van der Waals surface area contributed by atoms with Gasteiger partial charge in [-0.2, -0.15) is 0 Å². The Balaban J connectivity index is 2.79. The summed E-state index contributed by atoms with van der Waals surface area (Å²) in [7, 11) is 1.89. The molecule has 0 unspecified atom stereocenters. The molecule has 0 spiro atoms. The zero-order valence-corrected chi connectivity index (χ0v) is 7.41. The molecule has 0 aliphatic heterocycles. The minimum atomic E-state index is 0.761. The van der Waals surface area contributed by atoms with Crippen molar-refractivity contribution in [2.45, 2.75) is 0 Å². The lowest BCUT2D eigenvalue weighted by Gasteiger charge is -2.04. The van der Waals surface area contributed by atoms with Gasteiger partial charge in [0.2, 0.25) is 0 Å². The molecule has 0 aliphatic rings. The van der Waals surface area contributed by atoms with Gasteiger partial charge in [-0.1, -0.05) is 0 Å². The SMILES string of the molecule is CNc1ccnc2ccc(N)cc12. The summed E-state index contributed by atoms with van der Waals surface area (Å²) in [5.41, 5.74) is 8.47. The molecule has 3 N–H and O–H groups in total. The van der Waals surface area contributed by atoms with Crippen LogP contribution in [-0.2, 0) is 0 Å². The first-order chi connectivity index (χ1) is 6.31. The fourth-order valence-electron chi connectivity index (χ4n) is 1.38. The fraction of sp³-hybridized carbons (Fsp3) is 0.100. The van der Waals surface area contributed by atoms with Crippen molar-refractivity contribution in [1.82, 2.24) is 4.98 Å². The van der Waals surface area contributed by atoms with Crippen molar-refractivity contribution >= 4 is 22.3 Å². The van der Waals surface area contributed by atoms with Crippen LogP contribution in [0.3, 0.4) is 0 Å². The number of hydrogen-bond acceptors (Lipinski definition) is 3. The van der Waals surface area contributed by atoms with Gasteiger partial charge in [0.15, 0.2) is 0 Å². The van der Waals surface area contributed by atoms with E-state index in [-0.39, 0.29) is 0 Å². The molecule has 0 aliphatic carbocycles. The average molecular weight is 173 g/mol. The van der Waals surface area contributed by atoms with Crippen molar-refractivity contribution in [2.24, 2.45) is 0 Å². The van der Waals surface area contributed by atoms with Crippen LogP contribution in [0.25, 0.3) is 10.9 Å². The third-order valence-electron chi connectivity index (χ3n) is 2.03. The maximum Gasteiger partial charge on any atom is 0.0724 e. The quantitative estimate of drug-likeness (QED) is 0.647. The van der Waals surface area contributed by atoms with E-state index in [0.717, 1.165) is 22.3 Å². The summed E-state index contributed by atoms with van der Waals surface area (Å²) >= 11 is 0. The van der Waals surface area contributed by atoms with Gasteiger partial charge in [0, 0.05) is 30.0 Å². The highest BCUT2D eigenvalue weighted by atomic mass is 14.8. The summed E-state index contributed by atoms with van der Waals surface area (Å²) in [4.78, 5) is 4.24. The van der Waals surface area contributed by atoms with Crippen LogP contribution in [0, 0.1) is 0 Å². The Hall–Kier alpha value is -1.77. The van der Waals surface area contributed by atoms with E-state index < -0.39 is 0 Å². The van der Waals surface area contributed by atoms with Crippen molar-refractivity contribution in [1.29, 1.82) is 0 Å². The summed E-state index contributed by atoms with van der Waals surface area (Å²) in [6.45, 7) is 0. The van der Waals surface area contributed by atoms with E-state index in [9.17, 15) is 0 Å². The van der Waals surface area contributed by atoms with Gasteiger partial charge in [0.05, 0.1) is 5.52 Å². The number of nitrogens with two attached hydrogens (primary N) is 1. The standard InChI is InChI=1S/C10H11N3/c1-12-9-4-5-13-10-3-2-7(11)6-8(9)10/h2-6H,11H2,1H3,(H,12,13). The zero-order valence-electron chi connectivity index (χ0n) is 7.41. The minimum absolute atomic E-state index is 0.761. The van der Waals surface area contributed by atoms with Gasteiger partial charge in [-0.15, -0.1) is 0 Å². The molecule has 3 heteroatoms. The number of aromatic nitrogens is 1. The summed E-state index contributed by atoms with van der Waals surface area (Å²) in [6, 6.07) is 7.64. The van der Waals surface area contributed by atoms with Gasteiger partial charge >= 0.3 is 0 Å². The third kappa shape index (κ3) is 1.28. The molecule has 0 saturated heterocycles. The topological polar surface area (TPSA) is 50.9 Å². The second kappa shape index (κ2) is 2.94. The number of nitrogens with one attached hydrogen (secondary N) is 1. The lowest BCUT2D eigenvalue weighted by atomic mass is 10.1. The Morgan fingerprint density at radius 2 is 2.15 bits per heavy atom. The van der Waals surface area contributed by atoms with Crippen LogP contribution in [-0.4, -0.2) is 12.0 Å². The van der Waals surface area contributed by atoms with E-state index >= 15 is 0 Å². The number of anilines is 2. The molecule has 66 valence electrons. The number of hydrogen-bond donors (Lipinski definition) is 2. The Kier molecular flexibility index (Phi) is 1.77. The Morgan fingerprint density at radius 1 is 1.31 bits per heavy atom. The molecule has 0 saturated carbocycles. The van der Waals surface area contributed by atoms with Crippen molar-refractivity contribution in [3.8, 4) is 0 Å². The molecule has 1 aromatic heterocycles. The van der Waals surface area contributed by atoms with E-state index in [2.05, 4.69) is 10.3 Å². The van der Waals surface area contributed by atoms with Gasteiger partial charge in [-0.25, -0.2) is 0 Å². The van der Waals surface area contributed by atoms with Gasteiger partial charge in [0.1, 0.15) is 0 Å².